The van der Waals surface area contributed by atoms with Crippen molar-refractivity contribution in [3.63, 3.8) is 0 Å². The molecular weight excluding hydrogens is 286 g/mol. The Morgan fingerprint density at radius 1 is 1.19 bits per heavy atom. The molecule has 0 aromatic heterocycles. The highest BCUT2D eigenvalue weighted by Crippen LogP contribution is 2.22. The number of benzene rings is 2. The van der Waals surface area contributed by atoms with Gasteiger partial charge in [-0.15, -0.1) is 0 Å². The van der Waals surface area contributed by atoms with Crippen LogP contribution in [0, 0.1) is 13.8 Å². The predicted octanol–water partition coefficient (Wildman–Crippen LogP) is 4.36. The number of carbonyl (C=O) groups is 1. The summed E-state index contributed by atoms with van der Waals surface area (Å²) in [5.74, 6) is 0.516. The maximum Gasteiger partial charge on any atom is 0.265 e. The fourth-order valence-electron chi connectivity index (χ4n) is 1.91. The van der Waals surface area contributed by atoms with Crippen LogP contribution in [0.4, 0.5) is 5.69 Å². The summed E-state index contributed by atoms with van der Waals surface area (Å²) >= 11 is 5.89. The monoisotopic (exact) mass is 303 g/mol. The van der Waals surface area contributed by atoms with Crippen LogP contribution in [-0.2, 0) is 4.79 Å². The van der Waals surface area contributed by atoms with E-state index in [0.717, 1.165) is 16.9 Å². The molecule has 0 aliphatic carbocycles. The molecule has 110 valence electrons. The van der Waals surface area contributed by atoms with E-state index in [2.05, 4.69) is 5.32 Å². The van der Waals surface area contributed by atoms with Gasteiger partial charge in [0.2, 0.25) is 0 Å². The first kappa shape index (κ1) is 15.4. The highest BCUT2D eigenvalue weighted by Gasteiger charge is 2.16. The van der Waals surface area contributed by atoms with Gasteiger partial charge in [0.05, 0.1) is 0 Å². The lowest BCUT2D eigenvalue weighted by Crippen LogP contribution is -2.30. The topological polar surface area (TPSA) is 38.3 Å². The molecule has 0 heterocycles. The number of ether oxygens (including phenoxy) is 1. The summed E-state index contributed by atoms with van der Waals surface area (Å²) < 4.78 is 5.75. The lowest BCUT2D eigenvalue weighted by Gasteiger charge is -2.17. The van der Waals surface area contributed by atoms with Crippen LogP contribution in [0.15, 0.2) is 42.5 Å². The number of hydrogen-bond acceptors (Lipinski definition) is 2. The zero-order chi connectivity index (χ0) is 15.4. The van der Waals surface area contributed by atoms with Crippen LogP contribution in [0.3, 0.4) is 0 Å². The molecule has 21 heavy (non-hydrogen) atoms. The molecule has 1 N–H and O–H groups in total. The minimum absolute atomic E-state index is 0.210. The van der Waals surface area contributed by atoms with Gasteiger partial charge in [0.1, 0.15) is 5.75 Å². The molecule has 0 bridgehead atoms. The predicted molar refractivity (Wildman–Crippen MR) is 86.1 cm³/mol. The number of halogens is 1. The second-order valence-corrected chi connectivity index (χ2v) is 5.39. The third kappa shape index (κ3) is 3.99. The summed E-state index contributed by atoms with van der Waals surface area (Å²) in [7, 11) is 0. The standard InChI is InChI=1S/C17H18ClNO2/c1-11-6-4-9-16(12(11)2)21-13(3)17(20)19-15-8-5-7-14(18)10-15/h4-10,13H,1-3H3,(H,19,20). The Bertz CT molecular complexity index is 655. The highest BCUT2D eigenvalue weighted by atomic mass is 35.5. The molecule has 2 aromatic rings. The number of anilines is 1. The first-order chi connectivity index (χ1) is 9.97. The summed E-state index contributed by atoms with van der Waals surface area (Å²) in [6, 6.07) is 12.8. The lowest BCUT2D eigenvalue weighted by molar-refractivity contribution is -0.122. The average molecular weight is 304 g/mol. The fraction of sp³-hybridized carbons (Fsp3) is 0.235. The first-order valence-electron chi connectivity index (χ1n) is 6.76. The third-order valence-corrected chi connectivity index (χ3v) is 3.56. The maximum atomic E-state index is 12.1. The van der Waals surface area contributed by atoms with Gasteiger partial charge in [-0.05, 0) is 56.2 Å². The van der Waals surface area contributed by atoms with E-state index < -0.39 is 6.10 Å². The Balaban J connectivity index is 2.04. The van der Waals surface area contributed by atoms with Crippen LogP contribution < -0.4 is 10.1 Å². The van der Waals surface area contributed by atoms with Gasteiger partial charge in [-0.3, -0.25) is 4.79 Å². The number of hydrogen-bond donors (Lipinski definition) is 1. The Morgan fingerprint density at radius 3 is 2.62 bits per heavy atom. The summed E-state index contributed by atoms with van der Waals surface area (Å²) in [5, 5.41) is 3.37. The van der Waals surface area contributed by atoms with E-state index in [1.54, 1.807) is 31.2 Å². The van der Waals surface area contributed by atoms with Crippen LogP contribution in [0.1, 0.15) is 18.1 Å². The fourth-order valence-corrected chi connectivity index (χ4v) is 2.10. The molecule has 1 unspecified atom stereocenters. The van der Waals surface area contributed by atoms with E-state index in [9.17, 15) is 4.79 Å². The Hall–Kier alpha value is -2.00. The van der Waals surface area contributed by atoms with Crippen molar-refractivity contribution in [1.29, 1.82) is 0 Å². The molecule has 0 aliphatic heterocycles. The molecule has 0 aliphatic rings. The maximum absolute atomic E-state index is 12.1. The highest BCUT2D eigenvalue weighted by molar-refractivity contribution is 6.30. The van der Waals surface area contributed by atoms with Crippen LogP contribution in [0.5, 0.6) is 5.75 Å². The molecule has 0 spiro atoms. The number of amides is 1. The molecule has 1 atom stereocenters. The molecular formula is C17H18ClNO2. The Labute approximate surface area is 129 Å². The van der Waals surface area contributed by atoms with Crippen LogP contribution in [0.25, 0.3) is 0 Å². The molecule has 0 radical (unpaired) electrons. The SMILES string of the molecule is Cc1cccc(OC(C)C(=O)Nc2cccc(Cl)c2)c1C. The number of carbonyl (C=O) groups excluding carboxylic acids is 1. The van der Waals surface area contributed by atoms with E-state index in [1.807, 2.05) is 32.0 Å². The van der Waals surface area contributed by atoms with Crippen molar-refractivity contribution in [3.8, 4) is 5.75 Å². The van der Waals surface area contributed by atoms with Crippen molar-refractivity contribution >= 4 is 23.2 Å². The number of aryl methyl sites for hydroxylation is 1. The lowest BCUT2D eigenvalue weighted by atomic mass is 10.1. The summed E-state index contributed by atoms with van der Waals surface area (Å²) in [6.45, 7) is 5.72. The molecule has 0 saturated heterocycles. The van der Waals surface area contributed by atoms with E-state index in [0.29, 0.717) is 10.7 Å². The van der Waals surface area contributed by atoms with Crippen LogP contribution >= 0.6 is 11.6 Å². The summed E-state index contributed by atoms with van der Waals surface area (Å²) in [6.07, 6.45) is -0.593. The van der Waals surface area contributed by atoms with Crippen molar-refractivity contribution in [2.75, 3.05) is 5.32 Å². The van der Waals surface area contributed by atoms with E-state index in [4.69, 9.17) is 16.3 Å². The summed E-state index contributed by atoms with van der Waals surface area (Å²) in [4.78, 5) is 12.1. The molecule has 3 nitrogen and oxygen atoms in total. The van der Waals surface area contributed by atoms with Gasteiger partial charge < -0.3 is 10.1 Å². The van der Waals surface area contributed by atoms with Crippen LogP contribution in [-0.4, -0.2) is 12.0 Å². The zero-order valence-corrected chi connectivity index (χ0v) is 13.1. The Morgan fingerprint density at radius 2 is 1.90 bits per heavy atom. The third-order valence-electron chi connectivity index (χ3n) is 3.32. The van der Waals surface area contributed by atoms with Crippen molar-refractivity contribution in [3.05, 3.63) is 58.6 Å². The molecule has 1 amide bonds. The molecule has 0 saturated carbocycles. The molecule has 2 rings (SSSR count). The second-order valence-electron chi connectivity index (χ2n) is 4.96. The van der Waals surface area contributed by atoms with Gasteiger partial charge in [0.25, 0.3) is 5.91 Å². The molecule has 0 fully saturated rings. The van der Waals surface area contributed by atoms with Gasteiger partial charge in [-0.25, -0.2) is 0 Å². The smallest absolute Gasteiger partial charge is 0.265 e. The quantitative estimate of drug-likeness (QED) is 0.911. The van der Waals surface area contributed by atoms with E-state index >= 15 is 0 Å². The Kier molecular flexibility index (Phi) is 4.86. The molecule has 2 aromatic carbocycles. The largest absolute Gasteiger partial charge is 0.481 e. The van der Waals surface area contributed by atoms with Crippen molar-refractivity contribution in [1.82, 2.24) is 0 Å². The summed E-state index contributed by atoms with van der Waals surface area (Å²) in [5.41, 5.74) is 2.83. The van der Waals surface area contributed by atoms with Gasteiger partial charge in [0.15, 0.2) is 6.10 Å². The van der Waals surface area contributed by atoms with Crippen molar-refractivity contribution in [2.24, 2.45) is 0 Å². The van der Waals surface area contributed by atoms with Gasteiger partial charge in [-0.1, -0.05) is 29.8 Å². The molecule has 4 heteroatoms. The minimum atomic E-state index is -0.593. The van der Waals surface area contributed by atoms with Crippen molar-refractivity contribution < 1.29 is 9.53 Å². The van der Waals surface area contributed by atoms with Gasteiger partial charge >= 0.3 is 0 Å². The van der Waals surface area contributed by atoms with Crippen molar-refractivity contribution in [2.45, 2.75) is 26.9 Å². The minimum Gasteiger partial charge on any atom is -0.481 e. The number of nitrogens with one attached hydrogen (secondary N) is 1. The number of rotatable bonds is 4. The average Bonchev–Trinajstić information content (AvgIpc) is 2.44. The first-order valence-corrected chi connectivity index (χ1v) is 7.14. The van der Waals surface area contributed by atoms with Gasteiger partial charge in [0, 0.05) is 10.7 Å². The van der Waals surface area contributed by atoms with E-state index in [-0.39, 0.29) is 5.91 Å². The zero-order valence-electron chi connectivity index (χ0n) is 12.3. The van der Waals surface area contributed by atoms with Crippen LogP contribution in [0.2, 0.25) is 5.02 Å². The normalized spacial score (nSPS) is 11.8. The van der Waals surface area contributed by atoms with E-state index in [1.165, 1.54) is 0 Å². The van der Waals surface area contributed by atoms with Gasteiger partial charge in [-0.2, -0.15) is 0 Å². The second kappa shape index (κ2) is 6.64.